The predicted octanol–water partition coefficient (Wildman–Crippen LogP) is 0.802. The van der Waals surface area contributed by atoms with Crippen molar-refractivity contribution in [3.8, 4) is 0 Å². The van der Waals surface area contributed by atoms with Gasteiger partial charge in [-0.2, -0.15) is 5.10 Å². The summed E-state index contributed by atoms with van der Waals surface area (Å²) < 4.78 is 1.80. The van der Waals surface area contributed by atoms with Crippen LogP contribution in [0.3, 0.4) is 0 Å². The molecule has 2 aromatic heterocycles. The molecular formula is C11H17N5S. The second kappa shape index (κ2) is 5.39. The van der Waals surface area contributed by atoms with Crippen molar-refractivity contribution in [3.63, 3.8) is 0 Å². The van der Waals surface area contributed by atoms with Gasteiger partial charge in [0, 0.05) is 43.2 Å². The van der Waals surface area contributed by atoms with Crippen molar-refractivity contribution in [3.05, 3.63) is 34.0 Å². The van der Waals surface area contributed by atoms with Gasteiger partial charge in [0.25, 0.3) is 0 Å². The fourth-order valence-electron chi connectivity index (χ4n) is 1.72. The van der Waals surface area contributed by atoms with Crippen LogP contribution in [0.25, 0.3) is 0 Å². The first-order chi connectivity index (χ1) is 8.17. The lowest BCUT2D eigenvalue weighted by molar-refractivity contribution is 0.513. The number of hydrogen-bond donors (Lipinski definition) is 2. The predicted molar refractivity (Wildman–Crippen MR) is 68.6 cm³/mol. The van der Waals surface area contributed by atoms with E-state index in [4.69, 9.17) is 5.84 Å². The van der Waals surface area contributed by atoms with Gasteiger partial charge in [-0.15, -0.1) is 11.3 Å². The highest BCUT2D eigenvalue weighted by molar-refractivity contribution is 7.09. The first kappa shape index (κ1) is 12.2. The highest BCUT2D eigenvalue weighted by atomic mass is 32.1. The van der Waals surface area contributed by atoms with Crippen LogP contribution in [0.2, 0.25) is 0 Å². The summed E-state index contributed by atoms with van der Waals surface area (Å²) in [6.45, 7) is 2.00. The Bertz CT molecular complexity index is 433. The Morgan fingerprint density at radius 1 is 1.53 bits per heavy atom. The van der Waals surface area contributed by atoms with E-state index in [-0.39, 0.29) is 6.04 Å². The van der Waals surface area contributed by atoms with Gasteiger partial charge in [0.2, 0.25) is 0 Å². The van der Waals surface area contributed by atoms with E-state index < -0.39 is 0 Å². The van der Waals surface area contributed by atoms with Crippen molar-refractivity contribution in [1.29, 1.82) is 0 Å². The molecule has 0 saturated heterocycles. The zero-order valence-electron chi connectivity index (χ0n) is 10.1. The number of nitrogens with one attached hydrogen (secondary N) is 1. The largest absolute Gasteiger partial charge is 0.276 e. The number of hydrogen-bond acceptors (Lipinski definition) is 5. The number of aryl methyl sites for hydroxylation is 2. The maximum Gasteiger partial charge on any atom is 0.0944 e. The Morgan fingerprint density at radius 3 is 2.88 bits per heavy atom. The fraction of sp³-hybridized carbons (Fsp3) is 0.455. The van der Waals surface area contributed by atoms with Crippen LogP contribution < -0.4 is 11.3 Å². The molecule has 0 radical (unpaired) electrons. The molecule has 0 aliphatic heterocycles. The van der Waals surface area contributed by atoms with Crippen LogP contribution in [0.5, 0.6) is 0 Å². The zero-order chi connectivity index (χ0) is 12.3. The second-order valence-electron chi connectivity index (χ2n) is 4.14. The molecule has 0 fully saturated rings. The van der Waals surface area contributed by atoms with Gasteiger partial charge in [-0.25, -0.2) is 4.98 Å². The van der Waals surface area contributed by atoms with Gasteiger partial charge < -0.3 is 0 Å². The third kappa shape index (κ3) is 3.36. The van der Waals surface area contributed by atoms with Crippen LogP contribution in [0.1, 0.15) is 16.4 Å². The van der Waals surface area contributed by atoms with Gasteiger partial charge in [-0.3, -0.25) is 16.0 Å². The van der Waals surface area contributed by atoms with E-state index in [0.29, 0.717) is 0 Å². The molecule has 0 bridgehead atoms. The van der Waals surface area contributed by atoms with Crippen molar-refractivity contribution in [2.24, 2.45) is 12.9 Å². The molecule has 0 aromatic carbocycles. The molecule has 5 nitrogen and oxygen atoms in total. The van der Waals surface area contributed by atoms with Crippen LogP contribution >= 0.6 is 11.3 Å². The molecule has 2 rings (SSSR count). The van der Waals surface area contributed by atoms with Gasteiger partial charge in [-0.05, 0) is 13.0 Å². The topological polar surface area (TPSA) is 68.8 Å². The summed E-state index contributed by atoms with van der Waals surface area (Å²) in [7, 11) is 1.92. The van der Waals surface area contributed by atoms with Crippen molar-refractivity contribution in [2.75, 3.05) is 0 Å². The van der Waals surface area contributed by atoms with Crippen LogP contribution in [0.15, 0.2) is 17.6 Å². The van der Waals surface area contributed by atoms with Gasteiger partial charge in [-0.1, -0.05) is 0 Å². The second-order valence-corrected chi connectivity index (χ2v) is 5.08. The van der Waals surface area contributed by atoms with E-state index in [1.807, 2.05) is 26.2 Å². The Kier molecular flexibility index (Phi) is 3.88. The molecule has 0 amide bonds. The molecular weight excluding hydrogens is 234 g/mol. The number of rotatable bonds is 5. The minimum Gasteiger partial charge on any atom is -0.276 e. The lowest BCUT2D eigenvalue weighted by Crippen LogP contribution is -2.38. The molecule has 1 unspecified atom stereocenters. The SMILES string of the molecule is Cc1csc(CC(Cc2ccn(C)n2)NN)n1. The van der Waals surface area contributed by atoms with Crippen molar-refractivity contribution in [2.45, 2.75) is 25.8 Å². The van der Waals surface area contributed by atoms with Crippen LogP contribution in [-0.4, -0.2) is 20.8 Å². The molecule has 0 spiro atoms. The molecule has 0 aliphatic carbocycles. The third-order valence-corrected chi connectivity index (χ3v) is 3.54. The lowest BCUT2D eigenvalue weighted by Gasteiger charge is -2.12. The minimum absolute atomic E-state index is 0.176. The Morgan fingerprint density at radius 2 is 2.35 bits per heavy atom. The van der Waals surface area contributed by atoms with Gasteiger partial charge in [0.05, 0.1) is 10.7 Å². The molecule has 0 aliphatic rings. The summed E-state index contributed by atoms with van der Waals surface area (Å²) in [5, 5.41) is 7.52. The maximum atomic E-state index is 5.57. The quantitative estimate of drug-likeness (QED) is 0.609. The summed E-state index contributed by atoms with van der Waals surface area (Å²) in [4.78, 5) is 4.44. The summed E-state index contributed by atoms with van der Waals surface area (Å²) in [6, 6.07) is 2.19. The van der Waals surface area contributed by atoms with E-state index in [0.717, 1.165) is 29.2 Å². The average Bonchev–Trinajstić information content (AvgIpc) is 2.87. The number of nitrogens with zero attached hydrogens (tertiary/aromatic N) is 3. The van der Waals surface area contributed by atoms with Gasteiger partial charge in [0.15, 0.2) is 0 Å². The van der Waals surface area contributed by atoms with E-state index in [9.17, 15) is 0 Å². The summed E-state index contributed by atoms with van der Waals surface area (Å²) in [5.41, 5.74) is 4.95. The van der Waals surface area contributed by atoms with Crippen molar-refractivity contribution in [1.82, 2.24) is 20.2 Å². The van der Waals surface area contributed by atoms with Crippen molar-refractivity contribution >= 4 is 11.3 Å². The Hall–Kier alpha value is -1.24. The number of aromatic nitrogens is 3. The smallest absolute Gasteiger partial charge is 0.0944 e. The summed E-state index contributed by atoms with van der Waals surface area (Å²) >= 11 is 1.68. The minimum atomic E-state index is 0.176. The number of thiazole rings is 1. The molecule has 2 aromatic rings. The molecule has 3 N–H and O–H groups in total. The van der Waals surface area contributed by atoms with Crippen LogP contribution in [0, 0.1) is 6.92 Å². The third-order valence-electron chi connectivity index (χ3n) is 2.55. The van der Waals surface area contributed by atoms with E-state index in [1.165, 1.54) is 0 Å². The van der Waals surface area contributed by atoms with Gasteiger partial charge in [0.1, 0.15) is 0 Å². The molecule has 6 heteroatoms. The monoisotopic (exact) mass is 251 g/mol. The van der Waals surface area contributed by atoms with Crippen molar-refractivity contribution < 1.29 is 0 Å². The average molecular weight is 251 g/mol. The van der Waals surface area contributed by atoms with E-state index >= 15 is 0 Å². The normalized spacial score (nSPS) is 12.9. The highest BCUT2D eigenvalue weighted by Crippen LogP contribution is 2.12. The fourth-order valence-corrected chi connectivity index (χ4v) is 2.58. The first-order valence-electron chi connectivity index (χ1n) is 5.53. The number of hydrazine groups is 1. The van der Waals surface area contributed by atoms with Crippen LogP contribution in [0.4, 0.5) is 0 Å². The maximum absolute atomic E-state index is 5.57. The van der Waals surface area contributed by atoms with E-state index in [1.54, 1.807) is 16.0 Å². The molecule has 0 saturated carbocycles. The Balaban J connectivity index is 1.97. The lowest BCUT2D eigenvalue weighted by atomic mass is 10.1. The van der Waals surface area contributed by atoms with Crippen LogP contribution in [-0.2, 0) is 19.9 Å². The highest BCUT2D eigenvalue weighted by Gasteiger charge is 2.12. The molecule has 2 heterocycles. The molecule has 17 heavy (non-hydrogen) atoms. The summed E-state index contributed by atoms with van der Waals surface area (Å²) in [6.07, 6.45) is 3.60. The molecule has 1 atom stereocenters. The first-order valence-corrected chi connectivity index (χ1v) is 6.41. The standard InChI is InChI=1S/C11H17N5S/c1-8-7-17-11(13-8)6-10(14-12)5-9-3-4-16(2)15-9/h3-4,7,10,14H,5-6,12H2,1-2H3. The zero-order valence-corrected chi connectivity index (χ0v) is 10.9. The molecule has 92 valence electrons. The van der Waals surface area contributed by atoms with E-state index in [2.05, 4.69) is 20.9 Å². The van der Waals surface area contributed by atoms with Gasteiger partial charge >= 0.3 is 0 Å². The summed E-state index contributed by atoms with van der Waals surface area (Å²) in [5.74, 6) is 5.57. The Labute approximate surface area is 105 Å². The number of nitrogens with two attached hydrogens (primary N) is 1.